The predicted molar refractivity (Wildman–Crippen MR) is 265 cm³/mol. The topological polar surface area (TPSA) is 624 Å². The minimum atomic E-state index is -5.78. The number of phosphoric acid groups is 3. The van der Waals surface area contributed by atoms with Crippen LogP contribution in [-0.2, 0) is 68.9 Å². The average molecular weight is 1260 g/mol. The molecule has 5 aromatic rings. The van der Waals surface area contributed by atoms with Crippen molar-refractivity contribution in [2.75, 3.05) is 49.4 Å². The fraction of sp³-hybridized carbons (Fsp3) is 0.541. The van der Waals surface area contributed by atoms with Crippen molar-refractivity contribution in [1.82, 2.24) is 48.2 Å². The smallest absolute Gasteiger partial charge is 0.387 e. The fourth-order valence-corrected chi connectivity index (χ4v) is 12.1. The van der Waals surface area contributed by atoms with Crippen LogP contribution < -0.4 is 45.6 Å². The maximum Gasteiger partial charge on any atom is 0.694 e. The number of nitrogens with two attached hydrogens (primary N) is 4. The molecule has 9 rings (SSSR count). The quantitative estimate of drug-likeness (QED) is 0.0287. The minimum absolute atomic E-state index is 0.184. The van der Waals surface area contributed by atoms with Crippen LogP contribution in [0.2, 0.25) is 0 Å². The number of anilines is 4. The molecule has 0 radical (unpaired) electrons. The van der Waals surface area contributed by atoms with E-state index in [-0.39, 0.29) is 34.6 Å². The van der Waals surface area contributed by atoms with Gasteiger partial charge in [-0.1, -0.05) is 0 Å². The maximum absolute atomic E-state index is 13.9. The lowest BCUT2D eigenvalue weighted by Gasteiger charge is -2.26. The van der Waals surface area contributed by atoms with Crippen molar-refractivity contribution in [1.29, 1.82) is 0 Å². The number of imidazole rings is 1. The van der Waals surface area contributed by atoms with Crippen molar-refractivity contribution >= 4 is 66.3 Å². The highest BCUT2D eigenvalue weighted by atomic mass is 31.2. The predicted octanol–water partition coefficient (Wildman–Crippen LogP) is -6.21. The van der Waals surface area contributed by atoms with Gasteiger partial charge in [0.25, 0.3) is 5.56 Å². The third-order valence-corrected chi connectivity index (χ3v) is 16.0. The SMILES string of the molecule is Nc1ccn([C@@H]2O[C@H](CO[P+](=O)O)[C@@H](OP(=O)(O)OC[C@H]3O[C@@H](n4ccc(N)nc4=O)[C@H](O)[C@@H]3OP(=O)(O)OC[C@H]3O[C@@H](n4ccc(N)nc4=O)[C@H](O)[C@@H]3OP(=O)(O)OC[C@H]3O[C@@H](n4cnc5c(=O)[nH]c(N)nc54)[C@H](O)[C@@H]3O)[C@H]2O)c(=O)n1. The first kappa shape index (κ1) is 61.7. The summed E-state index contributed by atoms with van der Waals surface area (Å²) in [5.41, 5.74) is 17.8. The van der Waals surface area contributed by atoms with E-state index in [0.717, 1.165) is 47.7 Å². The lowest BCUT2D eigenvalue weighted by atomic mass is 10.1. The summed E-state index contributed by atoms with van der Waals surface area (Å²) in [5.74, 6) is -1.19. The van der Waals surface area contributed by atoms with Crippen LogP contribution in [0.1, 0.15) is 24.9 Å². The maximum atomic E-state index is 13.9. The van der Waals surface area contributed by atoms with Gasteiger partial charge in [0.15, 0.2) is 36.1 Å². The lowest BCUT2D eigenvalue weighted by Crippen LogP contribution is -2.39. The van der Waals surface area contributed by atoms with E-state index in [1.165, 1.54) is 0 Å². The van der Waals surface area contributed by atoms with Crippen molar-refractivity contribution in [2.45, 2.75) is 98.2 Å². The number of H-pyrrole nitrogens is 1. The van der Waals surface area contributed by atoms with Crippen molar-refractivity contribution in [3.63, 3.8) is 0 Å². The summed E-state index contributed by atoms with van der Waals surface area (Å²) >= 11 is 0. The molecule has 0 bridgehead atoms. The summed E-state index contributed by atoms with van der Waals surface area (Å²) in [7, 11) is -20.3. The standard InChI is InChI=1S/C37H48N14O28P4/c38-16-1-4-48(35(58)43-16)31-22(54)25(13(74-31)7-69-80(61)62)77-82(65,66)71-9-15-27(24(56)33(76-15)50-6-3-18(40)45-37(50)60)79-83(67,68)72-10-14-26(23(55)32(75-14)49-5-2-17(39)44-36(49)59)78-81(63,64)70-8-12-20(52)21(53)30(73-12)51-11-42-19-28(51)46-34(41)47-29(19)57/h1-6,11-15,20-27,30-33,52-56H,7-10H2,(H12-,38,39,40,41,43,44,45,46,47,57,58,59,60,61,62,63,64,65,66,67,68)/p+1/t12-,13-,14-,15-,20-,21-,22-,23-,24-,25-,26-,27-,30-,31-,32-,33-/m1/s1. The summed E-state index contributed by atoms with van der Waals surface area (Å²) in [4.78, 5) is 114. The van der Waals surface area contributed by atoms with Crippen LogP contribution in [-0.4, -0.2) is 193 Å². The van der Waals surface area contributed by atoms with Gasteiger partial charge in [-0.15, -0.1) is 9.42 Å². The van der Waals surface area contributed by atoms with E-state index in [0.29, 0.717) is 13.7 Å². The summed E-state index contributed by atoms with van der Waals surface area (Å²) in [6.45, 7) is -4.56. The molecule has 5 aromatic heterocycles. The Balaban J connectivity index is 0.911. The van der Waals surface area contributed by atoms with Crippen LogP contribution in [0.3, 0.4) is 0 Å². The molecule has 0 spiro atoms. The monoisotopic (exact) mass is 1260 g/mol. The van der Waals surface area contributed by atoms with Crippen LogP contribution in [0, 0.1) is 0 Å². The second kappa shape index (κ2) is 24.3. The Labute approximate surface area is 460 Å². The highest BCUT2D eigenvalue weighted by Crippen LogP contribution is 2.54. The number of phosphoric ester groups is 3. The molecule has 42 nitrogen and oxygen atoms in total. The van der Waals surface area contributed by atoms with Crippen molar-refractivity contribution < 1.29 is 114 Å². The number of aromatic nitrogens is 10. The number of aliphatic hydroxyl groups is 5. The average Bonchev–Trinajstić information content (AvgIpc) is 2.98. The summed E-state index contributed by atoms with van der Waals surface area (Å²) < 4.78 is 114. The first-order valence-electron chi connectivity index (χ1n) is 23.5. The number of aliphatic hydroxyl groups excluding tert-OH is 5. The number of fused-ring (bicyclic) bond motifs is 1. The van der Waals surface area contributed by atoms with Crippen LogP contribution >= 0.6 is 31.7 Å². The van der Waals surface area contributed by atoms with E-state index in [4.69, 9.17) is 69.0 Å². The van der Waals surface area contributed by atoms with Gasteiger partial charge in [0.1, 0.15) is 97.3 Å². The van der Waals surface area contributed by atoms with Crippen LogP contribution in [0.4, 0.5) is 23.4 Å². The normalized spacial score (nSPS) is 32.4. The minimum Gasteiger partial charge on any atom is -0.387 e. The molecule has 83 heavy (non-hydrogen) atoms. The molecule has 4 unspecified atom stereocenters. The highest BCUT2D eigenvalue weighted by molar-refractivity contribution is 7.48. The number of nitrogens with zero attached hydrogens (tertiary/aromatic N) is 9. The Hall–Kier alpha value is -5.82. The third-order valence-electron chi connectivity index (χ3n) is 12.7. The van der Waals surface area contributed by atoms with E-state index < -0.39 is 179 Å². The third kappa shape index (κ3) is 13.5. The van der Waals surface area contributed by atoms with Crippen LogP contribution in [0.15, 0.2) is 62.3 Å². The second-order valence-corrected chi connectivity index (χ2v) is 23.1. The lowest BCUT2D eigenvalue weighted by molar-refractivity contribution is -0.0650. The second-order valence-electron chi connectivity index (χ2n) is 18.2. The molecule has 454 valence electrons. The number of hydrogen-bond acceptors (Lipinski definition) is 33. The van der Waals surface area contributed by atoms with Crippen LogP contribution in [0.5, 0.6) is 0 Å². The number of aromatic amines is 1. The molecule has 4 aliphatic heterocycles. The van der Waals surface area contributed by atoms with Gasteiger partial charge in [-0.25, -0.2) is 33.1 Å². The molecule has 0 saturated carbocycles. The van der Waals surface area contributed by atoms with E-state index in [9.17, 15) is 82.5 Å². The zero-order valence-corrected chi connectivity index (χ0v) is 45.1. The molecule has 0 aliphatic carbocycles. The van der Waals surface area contributed by atoms with Crippen molar-refractivity contribution in [3.05, 3.63) is 84.9 Å². The summed E-state index contributed by atoms with van der Waals surface area (Å²) in [6.07, 6.45) is -27.2. The molecule has 9 heterocycles. The van der Waals surface area contributed by atoms with Gasteiger partial charge in [-0.05, 0) is 18.2 Å². The number of nitrogens with one attached hydrogen (secondary N) is 1. The molecule has 4 fully saturated rings. The molecule has 4 saturated heterocycles. The molecular formula is C37H49N14O28P4+. The van der Waals surface area contributed by atoms with E-state index in [1.54, 1.807) is 0 Å². The summed E-state index contributed by atoms with van der Waals surface area (Å²) in [5, 5.41) is 55.9. The molecule has 4 aliphatic rings. The van der Waals surface area contributed by atoms with Gasteiger partial charge < -0.3 is 82.1 Å². The number of rotatable bonds is 22. The Kier molecular flexibility index (Phi) is 18.1. The van der Waals surface area contributed by atoms with Crippen molar-refractivity contribution in [2.24, 2.45) is 0 Å². The van der Waals surface area contributed by atoms with Gasteiger partial charge in [-0.2, -0.15) is 19.9 Å². The van der Waals surface area contributed by atoms with Gasteiger partial charge >= 0.3 is 48.8 Å². The van der Waals surface area contributed by atoms with Gasteiger partial charge in [0, 0.05) is 23.2 Å². The zero-order valence-electron chi connectivity index (χ0n) is 41.5. The van der Waals surface area contributed by atoms with E-state index in [1.807, 2.05) is 0 Å². The molecular weight excluding hydrogens is 1210 g/mol. The number of hydrogen-bond donors (Lipinski definition) is 14. The fourth-order valence-electron chi connectivity index (χ4n) is 8.92. The molecule has 20 atom stereocenters. The Morgan fingerprint density at radius 2 is 0.904 bits per heavy atom. The molecule has 18 N–H and O–H groups in total. The number of nitrogen functional groups attached to an aromatic ring is 4. The summed E-state index contributed by atoms with van der Waals surface area (Å²) in [6, 6.07) is 3.28. The largest absolute Gasteiger partial charge is 0.694 e. The van der Waals surface area contributed by atoms with Crippen molar-refractivity contribution in [3.8, 4) is 0 Å². The van der Waals surface area contributed by atoms with Crippen LogP contribution in [0.25, 0.3) is 11.2 Å². The number of ether oxygens (including phenoxy) is 4. The zero-order chi connectivity index (χ0) is 60.2. The van der Waals surface area contributed by atoms with Gasteiger partial charge in [-0.3, -0.25) is 55.2 Å². The Morgan fingerprint density at radius 3 is 1.29 bits per heavy atom. The highest BCUT2D eigenvalue weighted by Gasteiger charge is 2.55. The van der Waals surface area contributed by atoms with E-state index in [2.05, 4.69) is 34.4 Å². The molecule has 0 amide bonds. The Morgan fingerprint density at radius 1 is 0.542 bits per heavy atom. The van der Waals surface area contributed by atoms with Gasteiger partial charge in [0.05, 0.1) is 26.1 Å². The van der Waals surface area contributed by atoms with Gasteiger partial charge in [0.2, 0.25) is 5.95 Å². The molecule has 46 heteroatoms. The first-order chi connectivity index (χ1) is 39.0. The molecule has 0 aromatic carbocycles. The first-order valence-corrected chi connectivity index (χ1v) is 29.2. The van der Waals surface area contributed by atoms with E-state index >= 15 is 0 Å². The Bertz CT molecular complexity index is 3630.